The van der Waals surface area contributed by atoms with Crippen LogP contribution in [0.2, 0.25) is 0 Å². The number of ether oxygens (including phenoxy) is 1. The topological polar surface area (TPSA) is 122 Å². The maximum atomic E-state index is 13.1. The van der Waals surface area contributed by atoms with E-state index in [0.29, 0.717) is 11.3 Å². The van der Waals surface area contributed by atoms with Crippen molar-refractivity contribution in [2.75, 3.05) is 12.4 Å². The van der Waals surface area contributed by atoms with Crippen molar-refractivity contribution in [1.82, 2.24) is 0 Å². The highest BCUT2D eigenvalue weighted by Gasteiger charge is 2.24. The van der Waals surface area contributed by atoms with Crippen LogP contribution in [0.3, 0.4) is 0 Å². The molecule has 174 valence electrons. The zero-order valence-corrected chi connectivity index (χ0v) is 20.2. The van der Waals surface area contributed by atoms with Crippen LogP contribution in [0.25, 0.3) is 0 Å². The van der Waals surface area contributed by atoms with Gasteiger partial charge in [-0.05, 0) is 74.9 Å². The molecule has 0 aliphatic heterocycles. The lowest BCUT2D eigenvalue weighted by Gasteiger charge is -2.13. The lowest BCUT2D eigenvalue weighted by Crippen LogP contribution is -2.12. The zero-order chi connectivity index (χ0) is 24.4. The smallest absolute Gasteiger partial charge is 0.283 e. The van der Waals surface area contributed by atoms with Gasteiger partial charge in [0.15, 0.2) is 0 Å². The van der Waals surface area contributed by atoms with Gasteiger partial charge >= 0.3 is 0 Å². The first-order valence-corrected chi connectivity index (χ1v) is 12.7. The summed E-state index contributed by atoms with van der Waals surface area (Å²) in [4.78, 5) is -0.300. The van der Waals surface area contributed by atoms with E-state index in [1.165, 1.54) is 62.6 Å². The molecule has 0 atom stereocenters. The quantitative estimate of drug-likeness (QED) is 0.305. The number of methoxy groups -OCH3 is 1. The van der Waals surface area contributed by atoms with Gasteiger partial charge in [-0.3, -0.25) is 0 Å². The third-order valence-corrected chi connectivity index (χ3v) is 7.99. The van der Waals surface area contributed by atoms with Crippen LogP contribution >= 0.6 is 0 Å². The van der Waals surface area contributed by atoms with Crippen LogP contribution in [0, 0.1) is 13.8 Å². The molecule has 0 aromatic heterocycles. The molecule has 0 amide bonds. The molecule has 0 saturated carbocycles. The minimum Gasteiger partial charge on any atom is -0.506 e. The number of phenols is 1. The Morgan fingerprint density at radius 3 is 2.06 bits per heavy atom. The Labute approximate surface area is 193 Å². The summed E-state index contributed by atoms with van der Waals surface area (Å²) in [6.45, 7) is 4.84. The molecule has 10 heteroatoms. The minimum absolute atomic E-state index is 0.0255. The predicted octanol–water partition coefficient (Wildman–Crippen LogP) is 4.07. The van der Waals surface area contributed by atoms with Gasteiger partial charge < -0.3 is 15.2 Å². The number of nitrogens with zero attached hydrogens (tertiary/aromatic N) is 1. The second kappa shape index (κ2) is 9.24. The molecule has 2 N–H and O–H groups in total. The van der Waals surface area contributed by atoms with Crippen LogP contribution in [0.4, 0.5) is 5.69 Å². The lowest BCUT2D eigenvalue weighted by atomic mass is 10.2. The van der Waals surface area contributed by atoms with Gasteiger partial charge in [0, 0.05) is 5.69 Å². The number of nitrogens with one attached hydrogen (secondary N) is 1. The van der Waals surface area contributed by atoms with E-state index in [4.69, 9.17) is 4.74 Å². The standard InChI is InChI=1S/C23H24N2O6S2/c1-15-5-9-21(10-6-15)33(29,30)25-17(3)24-18-13-16(2)23(26)22(14-18)32(27,28)20-11-7-19(31-4)8-12-20/h5-14,26H,1-4H3,(H,24,25). The van der Waals surface area contributed by atoms with Gasteiger partial charge in [-0.15, -0.1) is 4.40 Å². The summed E-state index contributed by atoms with van der Waals surface area (Å²) >= 11 is 0. The van der Waals surface area contributed by atoms with Crippen molar-refractivity contribution in [3.05, 3.63) is 71.8 Å². The highest BCUT2D eigenvalue weighted by atomic mass is 32.2. The summed E-state index contributed by atoms with van der Waals surface area (Å²) in [6.07, 6.45) is 0. The second-order valence-corrected chi connectivity index (χ2v) is 10.9. The molecule has 3 rings (SSSR count). The molecule has 3 aromatic rings. The van der Waals surface area contributed by atoms with Crippen LogP contribution in [0.15, 0.2) is 79.7 Å². The molecule has 3 aromatic carbocycles. The molecule has 0 heterocycles. The van der Waals surface area contributed by atoms with Crippen molar-refractivity contribution in [2.24, 2.45) is 4.40 Å². The summed E-state index contributed by atoms with van der Waals surface area (Å²) in [6, 6.07) is 14.8. The molecule has 33 heavy (non-hydrogen) atoms. The Bertz CT molecular complexity index is 1410. The van der Waals surface area contributed by atoms with Gasteiger partial charge in [-0.2, -0.15) is 8.42 Å². The van der Waals surface area contributed by atoms with Crippen molar-refractivity contribution < 1.29 is 26.7 Å². The number of aromatic hydroxyl groups is 1. The highest BCUT2D eigenvalue weighted by molar-refractivity contribution is 7.91. The Morgan fingerprint density at radius 1 is 0.909 bits per heavy atom. The summed E-state index contributed by atoms with van der Waals surface area (Å²) in [5, 5.41) is 13.3. The van der Waals surface area contributed by atoms with E-state index < -0.39 is 25.6 Å². The summed E-state index contributed by atoms with van der Waals surface area (Å²) in [7, 11) is -6.55. The molecule has 8 nitrogen and oxygen atoms in total. The van der Waals surface area contributed by atoms with E-state index in [1.807, 2.05) is 6.92 Å². The Morgan fingerprint density at radius 2 is 1.48 bits per heavy atom. The number of amidine groups is 1. The van der Waals surface area contributed by atoms with Gasteiger partial charge in [0.05, 0.1) is 16.9 Å². The number of benzene rings is 3. The van der Waals surface area contributed by atoms with Crippen molar-refractivity contribution in [3.63, 3.8) is 0 Å². The van der Waals surface area contributed by atoms with Gasteiger partial charge in [0.1, 0.15) is 22.2 Å². The monoisotopic (exact) mass is 488 g/mol. The SMILES string of the molecule is COc1ccc(S(=O)(=O)c2cc(NC(C)=NS(=O)(=O)c3ccc(C)cc3)cc(C)c2O)cc1. The maximum Gasteiger partial charge on any atom is 0.283 e. The molecule has 0 unspecified atom stereocenters. The van der Waals surface area contributed by atoms with Crippen LogP contribution < -0.4 is 10.1 Å². The first-order valence-electron chi connectivity index (χ1n) is 9.82. The van der Waals surface area contributed by atoms with Crippen molar-refractivity contribution in [1.29, 1.82) is 0 Å². The van der Waals surface area contributed by atoms with E-state index in [0.717, 1.165) is 5.56 Å². The molecular weight excluding hydrogens is 464 g/mol. The number of phenolic OH excluding ortho intramolecular Hbond substituents is 1. The van der Waals surface area contributed by atoms with Gasteiger partial charge in [-0.1, -0.05) is 17.7 Å². The Kier molecular flexibility index (Phi) is 6.80. The molecule has 0 radical (unpaired) electrons. The molecular formula is C23H24N2O6S2. The Hall–Kier alpha value is -3.37. The number of hydrogen-bond acceptors (Lipinski definition) is 6. The number of aryl methyl sites for hydroxylation is 2. The van der Waals surface area contributed by atoms with E-state index in [9.17, 15) is 21.9 Å². The molecule has 0 fully saturated rings. The van der Waals surface area contributed by atoms with Crippen LogP contribution in [-0.2, 0) is 19.9 Å². The minimum atomic E-state index is -4.06. The third-order valence-electron chi connectivity index (χ3n) is 4.83. The first-order chi connectivity index (χ1) is 15.4. The Balaban J connectivity index is 1.97. The van der Waals surface area contributed by atoms with Crippen molar-refractivity contribution >= 4 is 31.4 Å². The van der Waals surface area contributed by atoms with E-state index in [1.54, 1.807) is 19.1 Å². The van der Waals surface area contributed by atoms with Crippen LogP contribution in [-0.4, -0.2) is 34.9 Å². The van der Waals surface area contributed by atoms with Crippen molar-refractivity contribution in [3.8, 4) is 11.5 Å². The van der Waals surface area contributed by atoms with E-state index in [2.05, 4.69) is 9.71 Å². The largest absolute Gasteiger partial charge is 0.506 e. The van der Waals surface area contributed by atoms with Gasteiger partial charge in [0.25, 0.3) is 10.0 Å². The summed E-state index contributed by atoms with van der Waals surface area (Å²) in [5.41, 5.74) is 1.47. The van der Waals surface area contributed by atoms with Gasteiger partial charge in [0.2, 0.25) is 9.84 Å². The summed E-state index contributed by atoms with van der Waals surface area (Å²) < 4.78 is 60.2. The van der Waals surface area contributed by atoms with Gasteiger partial charge in [-0.25, -0.2) is 8.42 Å². The molecule has 0 aliphatic rings. The fourth-order valence-corrected chi connectivity index (χ4v) is 5.52. The van der Waals surface area contributed by atoms with E-state index >= 15 is 0 Å². The molecule has 0 saturated heterocycles. The number of rotatable bonds is 6. The molecule has 0 aliphatic carbocycles. The number of anilines is 1. The molecule has 0 spiro atoms. The zero-order valence-electron chi connectivity index (χ0n) is 18.5. The number of sulfone groups is 1. The first kappa shape index (κ1) is 24.3. The fourth-order valence-electron chi connectivity index (χ4n) is 3.08. The predicted molar refractivity (Wildman–Crippen MR) is 126 cm³/mol. The normalized spacial score (nSPS) is 12.4. The second-order valence-electron chi connectivity index (χ2n) is 7.41. The van der Waals surface area contributed by atoms with Crippen LogP contribution in [0.5, 0.6) is 11.5 Å². The van der Waals surface area contributed by atoms with E-state index in [-0.39, 0.29) is 26.2 Å². The fraction of sp³-hybridized carbons (Fsp3) is 0.174. The number of hydrogen-bond donors (Lipinski definition) is 2. The molecule has 0 bridgehead atoms. The van der Waals surface area contributed by atoms with Crippen LogP contribution in [0.1, 0.15) is 18.1 Å². The van der Waals surface area contributed by atoms with Crippen molar-refractivity contribution in [2.45, 2.75) is 35.5 Å². The average Bonchev–Trinajstić information content (AvgIpc) is 2.76. The lowest BCUT2D eigenvalue weighted by molar-refractivity contribution is 0.414. The maximum absolute atomic E-state index is 13.1. The summed E-state index contributed by atoms with van der Waals surface area (Å²) in [5.74, 6) is 0.137. The highest BCUT2D eigenvalue weighted by Crippen LogP contribution is 2.34. The third kappa shape index (κ3) is 5.35. The number of sulfonamides is 1. The average molecular weight is 489 g/mol.